The van der Waals surface area contributed by atoms with Crippen molar-refractivity contribution in [1.82, 2.24) is 57.3 Å². The fourth-order valence-electron chi connectivity index (χ4n) is 11.2. The summed E-state index contributed by atoms with van der Waals surface area (Å²) < 4.78 is 15.1. The minimum Gasteiger partial charge on any atom is -0.508 e. The van der Waals surface area contributed by atoms with Gasteiger partial charge >= 0.3 is 5.97 Å². The summed E-state index contributed by atoms with van der Waals surface area (Å²) in [6.07, 6.45) is 2.31. The maximum atomic E-state index is 15.1. The zero-order valence-corrected chi connectivity index (χ0v) is 51.3. The SMILES string of the molecule is CCCCC[C@@H]1NC(=O)[C@H](Cc2ccc(O)cc2)NC(=O)[C@H](Cc2ccccc2)N(C)C(=O)CNC(=O)[C@H](CCCCN)NC(=O)[C@H]2CCCN2C(=O)[C@H](CC(=O)O)NC(=O)[C@H](Cc2ccc(O)cc2)NC(=O)CNC(=O)[C@H](Cc2c[nH]c3c(F)cccc23)NC1=O. The summed E-state index contributed by atoms with van der Waals surface area (Å²) in [6.45, 7) is 0.541. The number of carbonyl (C=O) groups is 11. The molecule has 0 spiro atoms. The van der Waals surface area contributed by atoms with Gasteiger partial charge in [0.1, 0.15) is 65.7 Å². The first kappa shape index (κ1) is 69.6. The van der Waals surface area contributed by atoms with E-state index >= 15 is 4.39 Å². The van der Waals surface area contributed by atoms with Gasteiger partial charge in [-0.25, -0.2) is 4.39 Å². The molecule has 8 atom stereocenters. The number of aromatic nitrogens is 1. The molecule has 27 heteroatoms. The van der Waals surface area contributed by atoms with E-state index in [1.54, 1.807) is 36.4 Å². The molecule has 492 valence electrons. The monoisotopic (exact) mass is 1270 g/mol. The molecule has 2 saturated heterocycles. The van der Waals surface area contributed by atoms with Crippen molar-refractivity contribution in [3.8, 4) is 11.5 Å². The molecule has 0 aliphatic carbocycles. The molecule has 0 radical (unpaired) electrons. The number of nitrogens with zero attached hydrogens (tertiary/aromatic N) is 2. The molecule has 0 bridgehead atoms. The number of halogens is 1. The van der Waals surface area contributed by atoms with Crippen LogP contribution in [0.25, 0.3) is 10.9 Å². The number of carboxylic acids is 1. The van der Waals surface area contributed by atoms with Gasteiger partial charge < -0.3 is 78.4 Å². The lowest BCUT2D eigenvalue weighted by Crippen LogP contribution is -2.60. The van der Waals surface area contributed by atoms with Gasteiger partial charge in [0.05, 0.1) is 25.0 Å². The third-order valence-corrected chi connectivity index (χ3v) is 16.3. The minimum absolute atomic E-state index is 0.0134. The van der Waals surface area contributed by atoms with Crippen LogP contribution in [0.1, 0.15) is 93.4 Å². The van der Waals surface area contributed by atoms with Gasteiger partial charge in [0.2, 0.25) is 59.1 Å². The molecule has 4 aromatic carbocycles. The topological polar surface area (TPSA) is 393 Å². The van der Waals surface area contributed by atoms with E-state index in [0.717, 1.165) is 9.80 Å². The number of phenols is 2. The summed E-state index contributed by atoms with van der Waals surface area (Å²) >= 11 is 0. The van der Waals surface area contributed by atoms with Gasteiger partial charge in [-0.1, -0.05) is 92.9 Å². The van der Waals surface area contributed by atoms with Crippen molar-refractivity contribution in [1.29, 1.82) is 0 Å². The second-order valence-electron chi connectivity index (χ2n) is 23.1. The van der Waals surface area contributed by atoms with Gasteiger partial charge in [0.25, 0.3) is 0 Å². The van der Waals surface area contributed by atoms with E-state index in [1.165, 1.54) is 73.9 Å². The molecule has 0 unspecified atom stereocenters. The van der Waals surface area contributed by atoms with E-state index in [1.807, 2.05) is 6.92 Å². The smallest absolute Gasteiger partial charge is 0.305 e. The van der Waals surface area contributed by atoms with Crippen molar-refractivity contribution in [2.24, 2.45) is 5.73 Å². The lowest BCUT2D eigenvalue weighted by Gasteiger charge is -2.31. The number of amides is 10. The highest BCUT2D eigenvalue weighted by molar-refractivity contribution is 6.00. The molecule has 1 aromatic heterocycles. The maximum Gasteiger partial charge on any atom is 0.305 e. The number of carboxylic acid groups (broad SMARTS) is 1. The number of aliphatic carboxylic acids is 1. The molecule has 92 heavy (non-hydrogen) atoms. The Kier molecular flexibility index (Phi) is 25.5. The largest absolute Gasteiger partial charge is 0.508 e. The molecule has 7 rings (SSSR count). The van der Waals surface area contributed by atoms with Crippen LogP contribution in [-0.2, 0) is 78.4 Å². The molecular formula is C65H81FN12O14. The standard InChI is InChI=1S/C65H81FN12O14/c1-3-4-6-17-47-60(87)74-50(33-41-35-68-57-44(41)15-11-16-45(57)66)59(86)69-36-54(81)71-48(30-39-20-24-42(79)25-21-39)61(88)76-51(34-56(83)84)65(92)78-29-12-19-52(78)63(90)73-46(18-9-10-28-67)58(85)70-37-55(82)77(2)53(32-38-13-7-5-8-14-38)64(91)75-49(62(89)72-47)31-40-22-26-43(80)27-23-40/h5,7-8,11,13-16,20-27,35,46-53,68,79-80H,3-4,6,9-10,12,17-19,28-34,36-37,67H2,1-2H3,(H,69,86)(H,70,85)(H,71,81)(H,72,89)(H,73,90)(H,74,87)(H,75,91)(H,76,88)(H,83,84)/t46-,47-,48-,49-,50-,51-,52+,53-/m0/s1. The van der Waals surface area contributed by atoms with Crippen molar-refractivity contribution in [3.05, 3.63) is 131 Å². The van der Waals surface area contributed by atoms with E-state index in [4.69, 9.17) is 5.73 Å². The third-order valence-electron chi connectivity index (χ3n) is 16.3. The second kappa shape index (κ2) is 33.8. The van der Waals surface area contributed by atoms with E-state index in [9.17, 15) is 68.1 Å². The highest BCUT2D eigenvalue weighted by Gasteiger charge is 2.41. The average Bonchev–Trinajstić information content (AvgIpc) is 1.65. The van der Waals surface area contributed by atoms with Crippen molar-refractivity contribution >= 4 is 75.9 Å². The predicted molar refractivity (Wildman–Crippen MR) is 334 cm³/mol. The van der Waals surface area contributed by atoms with Crippen molar-refractivity contribution in [2.75, 3.05) is 33.2 Å². The molecule has 14 N–H and O–H groups in total. The predicted octanol–water partition coefficient (Wildman–Crippen LogP) is 1.15. The molecule has 3 heterocycles. The van der Waals surface area contributed by atoms with E-state index in [0.29, 0.717) is 59.7 Å². The summed E-state index contributed by atoms with van der Waals surface area (Å²) in [5, 5.41) is 51.7. The zero-order chi connectivity index (χ0) is 66.4. The number of H-pyrrole nitrogens is 1. The lowest BCUT2D eigenvalue weighted by atomic mass is 10.00. The summed E-state index contributed by atoms with van der Waals surface area (Å²) in [6, 6.07) is 12.5. The first-order chi connectivity index (χ1) is 44.1. The highest BCUT2D eigenvalue weighted by atomic mass is 19.1. The highest BCUT2D eigenvalue weighted by Crippen LogP contribution is 2.24. The summed E-state index contributed by atoms with van der Waals surface area (Å²) in [5.41, 5.74) is 7.69. The van der Waals surface area contributed by atoms with E-state index in [2.05, 4.69) is 47.5 Å². The fourth-order valence-corrected chi connectivity index (χ4v) is 11.2. The van der Waals surface area contributed by atoms with Gasteiger partial charge in [-0.05, 0) is 97.7 Å². The molecule has 0 saturated carbocycles. The van der Waals surface area contributed by atoms with Gasteiger partial charge in [0, 0.05) is 50.9 Å². The number of hydrogen-bond donors (Lipinski definition) is 13. The van der Waals surface area contributed by atoms with Crippen molar-refractivity contribution in [2.45, 2.75) is 145 Å². The molecular weight excluding hydrogens is 1190 g/mol. The molecule has 26 nitrogen and oxygen atoms in total. The Morgan fingerprint density at radius 2 is 1.11 bits per heavy atom. The van der Waals surface area contributed by atoms with Gasteiger partial charge in [-0.15, -0.1) is 0 Å². The number of aromatic hydroxyl groups is 2. The fraction of sp³-hybridized carbons (Fsp3) is 0.431. The van der Waals surface area contributed by atoms with Crippen LogP contribution in [-0.4, -0.2) is 177 Å². The van der Waals surface area contributed by atoms with Crippen LogP contribution in [0.5, 0.6) is 11.5 Å². The number of fused-ring (bicyclic) bond motifs is 2. The Bertz CT molecular complexity index is 3420. The van der Waals surface area contributed by atoms with Crippen LogP contribution in [0.3, 0.4) is 0 Å². The first-order valence-corrected chi connectivity index (χ1v) is 30.8. The number of para-hydroxylation sites is 1. The quantitative estimate of drug-likeness (QED) is 0.0548. The Morgan fingerprint density at radius 1 is 0.576 bits per heavy atom. The molecule has 2 aliphatic rings. The number of phenolic OH excluding ortho intramolecular Hbond substituents is 2. The Balaban J connectivity index is 1.28. The van der Waals surface area contributed by atoms with Crippen molar-refractivity contribution in [3.63, 3.8) is 0 Å². The third kappa shape index (κ3) is 19.8. The number of nitrogens with two attached hydrogens (primary N) is 1. The summed E-state index contributed by atoms with van der Waals surface area (Å²) in [7, 11) is 1.33. The van der Waals surface area contributed by atoms with Crippen LogP contribution < -0.4 is 48.3 Å². The second-order valence-corrected chi connectivity index (χ2v) is 23.1. The Morgan fingerprint density at radius 3 is 1.74 bits per heavy atom. The number of aromatic amines is 1. The number of nitrogens with one attached hydrogen (secondary N) is 9. The van der Waals surface area contributed by atoms with Crippen LogP contribution in [0.2, 0.25) is 0 Å². The number of hydrogen-bond acceptors (Lipinski definition) is 14. The number of rotatable bonds is 18. The van der Waals surface area contributed by atoms with E-state index in [-0.39, 0.29) is 81.5 Å². The minimum atomic E-state index is -1.82. The Hall–Kier alpha value is -9.92. The lowest BCUT2D eigenvalue weighted by molar-refractivity contribution is -0.146. The summed E-state index contributed by atoms with van der Waals surface area (Å²) in [5.74, 6) is -11.2. The number of benzene rings is 4. The van der Waals surface area contributed by atoms with Gasteiger partial charge in [-0.2, -0.15) is 0 Å². The number of carbonyl (C=O) groups excluding carboxylic acids is 10. The van der Waals surface area contributed by atoms with Gasteiger partial charge in [-0.3, -0.25) is 52.7 Å². The normalized spacial score (nSPS) is 22.4. The van der Waals surface area contributed by atoms with Crippen LogP contribution in [0.15, 0.2) is 103 Å². The van der Waals surface area contributed by atoms with Gasteiger partial charge in [0.15, 0.2) is 0 Å². The average molecular weight is 1270 g/mol. The first-order valence-electron chi connectivity index (χ1n) is 30.8. The van der Waals surface area contributed by atoms with E-state index < -0.39 is 139 Å². The molecule has 5 aromatic rings. The molecule has 10 amide bonds. The zero-order valence-electron chi connectivity index (χ0n) is 51.3. The maximum absolute atomic E-state index is 15.1. The number of unbranched alkanes of at least 4 members (excludes halogenated alkanes) is 3. The van der Waals surface area contributed by atoms with Crippen LogP contribution in [0.4, 0.5) is 4.39 Å². The van der Waals surface area contributed by atoms with Crippen LogP contribution in [0, 0.1) is 5.82 Å². The summed E-state index contributed by atoms with van der Waals surface area (Å²) in [4.78, 5) is 163. The molecule has 2 fully saturated rings. The van der Waals surface area contributed by atoms with Crippen LogP contribution >= 0.6 is 0 Å². The molecule has 2 aliphatic heterocycles. The number of likely N-dealkylation sites (N-methyl/N-ethyl adjacent to an activating group) is 1. The Labute approximate surface area is 530 Å². The van der Waals surface area contributed by atoms with Crippen molar-refractivity contribution < 1.29 is 72.4 Å².